The number of aliphatic hydroxyl groups excluding tert-OH is 1. The lowest BCUT2D eigenvalue weighted by molar-refractivity contribution is -0.140. The predicted molar refractivity (Wildman–Crippen MR) is 150 cm³/mol. The Bertz CT molecular complexity index is 1140. The quantitative estimate of drug-likeness (QED) is 0.170. The minimum absolute atomic E-state index is 0.0941. The van der Waals surface area contributed by atoms with Crippen molar-refractivity contribution in [2.75, 3.05) is 52.6 Å². The molecule has 0 saturated carbocycles. The SMILES string of the molecule is CCCCCOc1ccc(C2/C(=C(\O)c3cccc(OCC)c3)C(=O)C(=O)N2CCCN2CCOCC2)cc1. The molecule has 1 atom stereocenters. The molecular weight excluding hydrogens is 496 g/mol. The monoisotopic (exact) mass is 536 g/mol. The molecule has 2 aliphatic rings. The summed E-state index contributed by atoms with van der Waals surface area (Å²) in [5.74, 6) is -0.142. The number of Topliss-reactive ketones (excluding diaryl/α,β-unsaturated/α-hetero) is 1. The number of ether oxygens (including phenoxy) is 3. The third-order valence-electron chi connectivity index (χ3n) is 7.15. The van der Waals surface area contributed by atoms with Crippen LogP contribution in [-0.4, -0.2) is 79.2 Å². The molecular formula is C31H40N2O6. The molecule has 2 fully saturated rings. The van der Waals surface area contributed by atoms with Gasteiger partial charge in [0.1, 0.15) is 17.3 Å². The summed E-state index contributed by atoms with van der Waals surface area (Å²) < 4.78 is 16.9. The van der Waals surface area contributed by atoms with Crippen molar-refractivity contribution < 1.29 is 28.9 Å². The summed E-state index contributed by atoms with van der Waals surface area (Å²) in [4.78, 5) is 30.6. The van der Waals surface area contributed by atoms with Gasteiger partial charge in [-0.25, -0.2) is 0 Å². The van der Waals surface area contributed by atoms with Gasteiger partial charge in [-0.2, -0.15) is 0 Å². The molecule has 0 spiro atoms. The fourth-order valence-corrected chi connectivity index (χ4v) is 5.09. The van der Waals surface area contributed by atoms with Crippen LogP contribution in [0.2, 0.25) is 0 Å². The van der Waals surface area contributed by atoms with Crippen LogP contribution in [0.25, 0.3) is 5.76 Å². The lowest BCUT2D eigenvalue weighted by Crippen LogP contribution is -2.38. The molecule has 2 aromatic rings. The number of benzene rings is 2. The number of ketones is 1. The zero-order valence-corrected chi connectivity index (χ0v) is 23.1. The molecule has 39 heavy (non-hydrogen) atoms. The molecule has 0 aromatic heterocycles. The van der Waals surface area contributed by atoms with Crippen LogP contribution in [0.1, 0.15) is 56.7 Å². The Hall–Kier alpha value is -3.36. The molecule has 4 rings (SSSR count). The fourth-order valence-electron chi connectivity index (χ4n) is 5.09. The third kappa shape index (κ3) is 7.19. The summed E-state index contributed by atoms with van der Waals surface area (Å²) in [6.45, 7) is 9.49. The molecule has 1 unspecified atom stereocenters. The standard InChI is InChI=1S/C31H40N2O6/c1-3-5-6-19-39-25-13-11-23(12-14-25)28-27(29(34)24-9-7-10-26(22-24)38-4-2)30(35)31(36)33(28)16-8-15-32-17-20-37-21-18-32/h7,9-14,22,28,34H,3-6,8,15-21H2,1-2H3/b29-27+. The van der Waals surface area contributed by atoms with E-state index in [9.17, 15) is 14.7 Å². The van der Waals surface area contributed by atoms with Crippen molar-refractivity contribution in [1.29, 1.82) is 0 Å². The second-order valence-electron chi connectivity index (χ2n) is 9.89. The van der Waals surface area contributed by atoms with Crippen molar-refractivity contribution in [3.05, 3.63) is 65.2 Å². The van der Waals surface area contributed by atoms with Gasteiger partial charge < -0.3 is 24.2 Å². The maximum atomic E-state index is 13.4. The largest absolute Gasteiger partial charge is 0.507 e. The molecule has 0 radical (unpaired) electrons. The Morgan fingerprint density at radius 1 is 0.949 bits per heavy atom. The number of carbonyl (C=O) groups is 2. The number of hydrogen-bond acceptors (Lipinski definition) is 7. The van der Waals surface area contributed by atoms with Gasteiger partial charge in [0.05, 0.1) is 38.0 Å². The summed E-state index contributed by atoms with van der Waals surface area (Å²) in [6, 6.07) is 13.8. The molecule has 2 heterocycles. The Labute approximate surface area is 231 Å². The van der Waals surface area contributed by atoms with Crippen LogP contribution in [0.5, 0.6) is 11.5 Å². The number of morpholine rings is 1. The Balaban J connectivity index is 1.62. The molecule has 2 aromatic carbocycles. The first-order chi connectivity index (χ1) is 19.0. The second kappa shape index (κ2) is 14.1. The van der Waals surface area contributed by atoms with Gasteiger partial charge >= 0.3 is 0 Å². The van der Waals surface area contributed by atoms with Gasteiger partial charge in [0, 0.05) is 31.7 Å². The van der Waals surface area contributed by atoms with E-state index in [0.29, 0.717) is 50.7 Å². The Morgan fingerprint density at radius 3 is 2.44 bits per heavy atom. The molecule has 8 heteroatoms. The zero-order valence-electron chi connectivity index (χ0n) is 23.1. The van der Waals surface area contributed by atoms with E-state index in [1.54, 1.807) is 29.2 Å². The van der Waals surface area contributed by atoms with Gasteiger partial charge in [0.2, 0.25) is 0 Å². The minimum Gasteiger partial charge on any atom is -0.507 e. The first-order valence-electron chi connectivity index (χ1n) is 14.1. The number of aliphatic hydroxyl groups is 1. The average Bonchev–Trinajstić information content (AvgIpc) is 3.21. The van der Waals surface area contributed by atoms with Crippen LogP contribution in [-0.2, 0) is 14.3 Å². The molecule has 8 nitrogen and oxygen atoms in total. The topological polar surface area (TPSA) is 88.5 Å². The average molecular weight is 537 g/mol. The minimum atomic E-state index is -0.695. The summed E-state index contributed by atoms with van der Waals surface area (Å²) in [6.07, 6.45) is 3.94. The van der Waals surface area contributed by atoms with Gasteiger partial charge in [-0.3, -0.25) is 14.5 Å². The maximum absolute atomic E-state index is 13.4. The lowest BCUT2D eigenvalue weighted by Gasteiger charge is -2.29. The highest BCUT2D eigenvalue weighted by molar-refractivity contribution is 6.46. The van der Waals surface area contributed by atoms with Crippen LogP contribution >= 0.6 is 0 Å². The predicted octanol–water partition coefficient (Wildman–Crippen LogP) is 4.80. The third-order valence-corrected chi connectivity index (χ3v) is 7.15. The Kier molecular flexibility index (Phi) is 10.4. The first-order valence-corrected chi connectivity index (χ1v) is 14.1. The number of amides is 1. The smallest absolute Gasteiger partial charge is 0.295 e. The van der Waals surface area contributed by atoms with Crippen molar-refractivity contribution in [1.82, 2.24) is 9.80 Å². The molecule has 1 N–H and O–H groups in total. The summed E-state index contributed by atoms with van der Waals surface area (Å²) >= 11 is 0. The summed E-state index contributed by atoms with van der Waals surface area (Å²) in [7, 11) is 0. The summed E-state index contributed by atoms with van der Waals surface area (Å²) in [5, 5.41) is 11.4. The molecule has 0 aliphatic carbocycles. The van der Waals surface area contributed by atoms with Crippen LogP contribution in [0.3, 0.4) is 0 Å². The van der Waals surface area contributed by atoms with E-state index in [4.69, 9.17) is 14.2 Å². The van der Waals surface area contributed by atoms with E-state index in [2.05, 4.69) is 11.8 Å². The highest BCUT2D eigenvalue weighted by Gasteiger charge is 2.45. The fraction of sp³-hybridized carbons (Fsp3) is 0.484. The highest BCUT2D eigenvalue weighted by atomic mass is 16.5. The number of likely N-dealkylation sites (tertiary alicyclic amines) is 1. The van der Waals surface area contributed by atoms with E-state index in [1.165, 1.54) is 0 Å². The van der Waals surface area contributed by atoms with Crippen molar-refractivity contribution in [2.24, 2.45) is 0 Å². The van der Waals surface area contributed by atoms with Crippen LogP contribution in [0, 0.1) is 0 Å². The normalized spacial score (nSPS) is 19.4. The molecule has 210 valence electrons. The van der Waals surface area contributed by atoms with Crippen LogP contribution in [0.15, 0.2) is 54.1 Å². The van der Waals surface area contributed by atoms with Gasteiger partial charge in [-0.1, -0.05) is 44.0 Å². The van der Waals surface area contributed by atoms with Crippen molar-refractivity contribution in [3.8, 4) is 11.5 Å². The number of unbranched alkanes of at least 4 members (excludes halogenated alkanes) is 2. The van der Waals surface area contributed by atoms with Gasteiger partial charge in [0.15, 0.2) is 0 Å². The molecule has 1 amide bonds. The van der Waals surface area contributed by atoms with Gasteiger partial charge in [-0.15, -0.1) is 0 Å². The zero-order chi connectivity index (χ0) is 27.6. The van der Waals surface area contributed by atoms with E-state index >= 15 is 0 Å². The molecule has 0 bridgehead atoms. The lowest BCUT2D eigenvalue weighted by atomic mass is 9.95. The molecule has 2 saturated heterocycles. The highest BCUT2D eigenvalue weighted by Crippen LogP contribution is 2.40. The van der Waals surface area contributed by atoms with Crippen molar-refractivity contribution >= 4 is 17.4 Å². The number of nitrogens with zero attached hydrogens (tertiary/aromatic N) is 2. The van der Waals surface area contributed by atoms with E-state index in [0.717, 1.165) is 50.2 Å². The van der Waals surface area contributed by atoms with Crippen molar-refractivity contribution in [3.63, 3.8) is 0 Å². The number of carbonyl (C=O) groups excluding carboxylic acids is 2. The van der Waals surface area contributed by atoms with Crippen molar-refractivity contribution in [2.45, 2.75) is 45.6 Å². The Morgan fingerprint density at radius 2 is 1.72 bits per heavy atom. The number of rotatable bonds is 13. The molecule has 2 aliphatic heterocycles. The summed E-state index contributed by atoms with van der Waals surface area (Å²) in [5.41, 5.74) is 1.29. The van der Waals surface area contributed by atoms with Crippen LogP contribution in [0.4, 0.5) is 0 Å². The van der Waals surface area contributed by atoms with Gasteiger partial charge in [0.25, 0.3) is 11.7 Å². The first kappa shape index (κ1) is 28.6. The number of hydrogen-bond donors (Lipinski definition) is 1. The van der Waals surface area contributed by atoms with E-state index in [-0.39, 0.29) is 11.3 Å². The van der Waals surface area contributed by atoms with E-state index < -0.39 is 17.7 Å². The second-order valence-corrected chi connectivity index (χ2v) is 9.89. The van der Waals surface area contributed by atoms with Crippen LogP contribution < -0.4 is 9.47 Å². The maximum Gasteiger partial charge on any atom is 0.295 e. The van der Waals surface area contributed by atoms with Gasteiger partial charge in [-0.05, 0) is 49.6 Å². The van der Waals surface area contributed by atoms with E-state index in [1.807, 2.05) is 31.2 Å².